The van der Waals surface area contributed by atoms with Crippen LogP contribution in [-0.2, 0) is 6.18 Å². The third-order valence-corrected chi connectivity index (χ3v) is 3.69. The Labute approximate surface area is 115 Å². The van der Waals surface area contributed by atoms with Crippen LogP contribution in [0.1, 0.15) is 31.7 Å². The van der Waals surface area contributed by atoms with Gasteiger partial charge in [0, 0.05) is 12.6 Å². The van der Waals surface area contributed by atoms with Gasteiger partial charge in [-0.2, -0.15) is 13.2 Å². The highest BCUT2D eigenvalue weighted by Crippen LogP contribution is 2.32. The second-order valence-corrected chi connectivity index (χ2v) is 5.60. The summed E-state index contributed by atoms with van der Waals surface area (Å²) in [5.41, 5.74) is 0. The van der Waals surface area contributed by atoms with Gasteiger partial charge in [0.05, 0.1) is 0 Å². The first-order valence-corrected chi connectivity index (χ1v) is 6.97. The lowest BCUT2D eigenvalue weighted by molar-refractivity contribution is -0.138. The van der Waals surface area contributed by atoms with Crippen LogP contribution in [0.15, 0.2) is 0 Å². The summed E-state index contributed by atoms with van der Waals surface area (Å²) in [6.07, 6.45) is -2.53. The normalized spacial score (nSPS) is 12.4. The molecule has 0 aliphatic carbocycles. The second-order valence-electron chi connectivity index (χ2n) is 4.62. The molecule has 4 nitrogen and oxygen atoms in total. The molecule has 110 valence electrons. The Morgan fingerprint density at radius 1 is 1.26 bits per heavy atom. The maximum atomic E-state index is 12.3. The number of aromatic nitrogens is 2. The van der Waals surface area contributed by atoms with Crippen LogP contribution >= 0.6 is 11.3 Å². The molecule has 1 N–H and O–H groups in total. The summed E-state index contributed by atoms with van der Waals surface area (Å²) >= 11 is 0.540. The van der Waals surface area contributed by atoms with Crippen molar-refractivity contribution >= 4 is 16.5 Å². The fourth-order valence-electron chi connectivity index (χ4n) is 1.35. The maximum Gasteiger partial charge on any atom is 0.445 e. The lowest BCUT2D eigenvalue weighted by Crippen LogP contribution is -2.27. The van der Waals surface area contributed by atoms with Crippen LogP contribution in [0.2, 0.25) is 0 Å². The highest BCUT2D eigenvalue weighted by molar-refractivity contribution is 7.15. The number of anilines is 1. The Bertz CT molecular complexity index is 378. The Balaban J connectivity index is 2.21. The molecule has 0 saturated carbocycles. The lowest BCUT2D eigenvalue weighted by Gasteiger charge is -2.20. The van der Waals surface area contributed by atoms with Crippen molar-refractivity contribution in [2.24, 2.45) is 0 Å². The molecule has 0 saturated heterocycles. The third-order valence-electron chi connectivity index (χ3n) is 2.76. The van der Waals surface area contributed by atoms with Crippen LogP contribution in [0, 0.1) is 0 Å². The fraction of sp³-hybridized carbons (Fsp3) is 0.818. The summed E-state index contributed by atoms with van der Waals surface area (Å²) in [4.78, 5) is 2.23. The predicted molar refractivity (Wildman–Crippen MR) is 70.4 cm³/mol. The summed E-state index contributed by atoms with van der Waals surface area (Å²) in [5, 5.41) is 8.77. The van der Waals surface area contributed by atoms with E-state index in [1.54, 1.807) is 0 Å². The van der Waals surface area contributed by atoms with E-state index in [4.69, 9.17) is 0 Å². The summed E-state index contributed by atoms with van der Waals surface area (Å²) < 4.78 is 36.8. The van der Waals surface area contributed by atoms with Gasteiger partial charge in [-0.1, -0.05) is 11.3 Å². The summed E-state index contributed by atoms with van der Waals surface area (Å²) in [5.74, 6) is 0. The van der Waals surface area contributed by atoms with E-state index in [1.165, 1.54) is 0 Å². The number of hydrogen-bond acceptors (Lipinski definition) is 5. The Morgan fingerprint density at radius 2 is 1.95 bits per heavy atom. The zero-order valence-electron chi connectivity index (χ0n) is 11.3. The Kier molecular flexibility index (Phi) is 5.99. The van der Waals surface area contributed by atoms with E-state index in [1.807, 2.05) is 0 Å². The zero-order valence-corrected chi connectivity index (χ0v) is 12.1. The molecule has 8 heteroatoms. The predicted octanol–water partition coefficient (Wildman–Crippen LogP) is 3.09. The quantitative estimate of drug-likeness (QED) is 0.785. The molecule has 1 aromatic rings. The van der Waals surface area contributed by atoms with E-state index >= 15 is 0 Å². The number of halogens is 3. The minimum atomic E-state index is -4.41. The van der Waals surface area contributed by atoms with Crippen LogP contribution in [0.5, 0.6) is 0 Å². The molecule has 0 aromatic carbocycles. The van der Waals surface area contributed by atoms with Crippen molar-refractivity contribution in [1.29, 1.82) is 0 Å². The lowest BCUT2D eigenvalue weighted by atomic mass is 10.2. The van der Waals surface area contributed by atoms with Crippen LogP contribution in [0.4, 0.5) is 18.3 Å². The molecule has 0 fully saturated rings. The van der Waals surface area contributed by atoms with Gasteiger partial charge in [0.15, 0.2) is 0 Å². The molecular formula is C11H19F3N4S. The van der Waals surface area contributed by atoms with Gasteiger partial charge in [-0.25, -0.2) is 0 Å². The number of nitrogens with one attached hydrogen (secondary N) is 1. The van der Waals surface area contributed by atoms with E-state index in [9.17, 15) is 13.2 Å². The molecule has 0 atom stereocenters. The van der Waals surface area contributed by atoms with E-state index in [2.05, 4.69) is 41.3 Å². The van der Waals surface area contributed by atoms with Crippen molar-refractivity contribution < 1.29 is 13.2 Å². The van der Waals surface area contributed by atoms with Gasteiger partial charge < -0.3 is 10.2 Å². The number of alkyl halides is 3. The van der Waals surface area contributed by atoms with Crippen LogP contribution < -0.4 is 5.32 Å². The Morgan fingerprint density at radius 3 is 2.47 bits per heavy atom. The van der Waals surface area contributed by atoms with Gasteiger partial charge in [0.1, 0.15) is 0 Å². The highest BCUT2D eigenvalue weighted by Gasteiger charge is 2.35. The smallest absolute Gasteiger partial charge is 0.360 e. The SMILES string of the molecule is CC(C)N(C)CCCCNc1nnc(C(F)(F)F)s1. The molecule has 0 amide bonds. The average Bonchev–Trinajstić information content (AvgIpc) is 2.76. The van der Waals surface area contributed by atoms with Crippen molar-refractivity contribution in [1.82, 2.24) is 15.1 Å². The standard InChI is InChI=1S/C11H19F3N4S/c1-8(2)18(3)7-5-4-6-15-10-17-16-9(19-10)11(12,13)14/h8H,4-7H2,1-3H3,(H,15,17). The monoisotopic (exact) mass is 296 g/mol. The van der Waals surface area contributed by atoms with E-state index in [0.29, 0.717) is 23.9 Å². The average molecular weight is 296 g/mol. The van der Waals surface area contributed by atoms with Crippen molar-refractivity contribution in [3.8, 4) is 0 Å². The van der Waals surface area contributed by atoms with Crippen molar-refractivity contribution in [3.63, 3.8) is 0 Å². The van der Waals surface area contributed by atoms with Crippen LogP contribution in [-0.4, -0.2) is 41.3 Å². The number of hydrogen-bond donors (Lipinski definition) is 1. The number of rotatable bonds is 7. The molecule has 1 heterocycles. The summed E-state index contributed by atoms with van der Waals surface area (Å²) in [7, 11) is 2.05. The molecular weight excluding hydrogens is 277 g/mol. The first-order valence-electron chi connectivity index (χ1n) is 6.15. The molecule has 1 aromatic heterocycles. The van der Waals surface area contributed by atoms with Gasteiger partial charge in [0.2, 0.25) is 10.1 Å². The van der Waals surface area contributed by atoms with Gasteiger partial charge >= 0.3 is 6.18 Å². The Hall–Kier alpha value is -0.890. The first-order chi connectivity index (χ1) is 8.80. The van der Waals surface area contributed by atoms with Gasteiger partial charge in [-0.05, 0) is 40.3 Å². The van der Waals surface area contributed by atoms with Crippen molar-refractivity contribution in [2.45, 2.75) is 38.9 Å². The summed E-state index contributed by atoms with van der Waals surface area (Å²) in [6.45, 7) is 5.83. The van der Waals surface area contributed by atoms with Crippen molar-refractivity contribution in [2.75, 3.05) is 25.5 Å². The summed E-state index contributed by atoms with van der Waals surface area (Å²) in [6, 6.07) is 0.505. The third kappa shape index (κ3) is 5.73. The van der Waals surface area contributed by atoms with Gasteiger partial charge in [-0.15, -0.1) is 10.2 Å². The molecule has 0 aliphatic heterocycles. The first kappa shape index (κ1) is 16.2. The van der Waals surface area contributed by atoms with Crippen LogP contribution in [0.25, 0.3) is 0 Å². The fourth-order valence-corrected chi connectivity index (χ4v) is 1.99. The minimum absolute atomic E-state index is 0.226. The van der Waals surface area contributed by atoms with Gasteiger partial charge in [0.25, 0.3) is 0 Å². The van der Waals surface area contributed by atoms with E-state index in [0.717, 1.165) is 19.4 Å². The number of unbranched alkanes of at least 4 members (excludes halogenated alkanes) is 1. The molecule has 0 bridgehead atoms. The maximum absolute atomic E-state index is 12.3. The van der Waals surface area contributed by atoms with Gasteiger partial charge in [-0.3, -0.25) is 0 Å². The molecule has 0 unspecified atom stereocenters. The largest absolute Gasteiger partial charge is 0.445 e. The van der Waals surface area contributed by atoms with E-state index in [-0.39, 0.29) is 5.13 Å². The highest BCUT2D eigenvalue weighted by atomic mass is 32.1. The molecule has 1 rings (SSSR count). The minimum Gasteiger partial charge on any atom is -0.360 e. The van der Waals surface area contributed by atoms with E-state index < -0.39 is 11.2 Å². The number of nitrogens with zero attached hydrogens (tertiary/aromatic N) is 3. The molecule has 0 spiro atoms. The molecule has 0 aliphatic rings. The second kappa shape index (κ2) is 7.04. The van der Waals surface area contributed by atoms with Crippen molar-refractivity contribution in [3.05, 3.63) is 5.01 Å². The van der Waals surface area contributed by atoms with Crippen LogP contribution in [0.3, 0.4) is 0 Å². The molecule has 19 heavy (non-hydrogen) atoms. The topological polar surface area (TPSA) is 41.0 Å². The molecule has 0 radical (unpaired) electrons. The zero-order chi connectivity index (χ0) is 14.5.